The molecule has 4 aromatic rings. The fraction of sp³-hybridized carbons (Fsp3) is 0.176. The van der Waals surface area contributed by atoms with Crippen LogP contribution in [0.1, 0.15) is 17.2 Å². The Bertz CT molecular complexity index is 963. The van der Waals surface area contributed by atoms with E-state index >= 15 is 0 Å². The Morgan fingerprint density at radius 1 is 1.15 bits per heavy atom. The zero-order valence-corrected chi connectivity index (χ0v) is 15.5. The summed E-state index contributed by atoms with van der Waals surface area (Å²) in [6, 6.07) is 11.8. The van der Waals surface area contributed by atoms with Crippen LogP contribution >= 0.6 is 23.1 Å². The number of thioether (sulfide) groups is 1. The van der Waals surface area contributed by atoms with Crippen LogP contribution in [0.3, 0.4) is 0 Å². The third kappa shape index (κ3) is 4.12. The van der Waals surface area contributed by atoms with Crippen molar-refractivity contribution >= 4 is 28.2 Å². The Hall–Kier alpha value is -2.65. The molecule has 4 rings (SSSR count). The Kier molecular flexibility index (Phi) is 4.98. The fourth-order valence-electron chi connectivity index (χ4n) is 2.17. The van der Waals surface area contributed by atoms with Crippen molar-refractivity contribution in [3.63, 3.8) is 0 Å². The molecule has 0 atom stereocenters. The number of aromatic nitrogens is 4. The highest BCUT2D eigenvalue weighted by molar-refractivity contribution is 8.00. The van der Waals surface area contributed by atoms with Gasteiger partial charge in [-0.3, -0.25) is 0 Å². The first-order valence-corrected chi connectivity index (χ1v) is 9.69. The van der Waals surface area contributed by atoms with Gasteiger partial charge in [0.05, 0.1) is 18.6 Å². The summed E-state index contributed by atoms with van der Waals surface area (Å²) in [6.07, 6.45) is 1.65. The van der Waals surface area contributed by atoms with E-state index in [1.165, 1.54) is 28.7 Å². The molecule has 1 N–H and O–H groups in total. The van der Waals surface area contributed by atoms with Gasteiger partial charge in [-0.15, -0.1) is 10.2 Å². The lowest BCUT2D eigenvalue weighted by Gasteiger charge is -1.96. The van der Waals surface area contributed by atoms with Crippen molar-refractivity contribution in [1.82, 2.24) is 20.3 Å². The monoisotopic (exact) mass is 385 g/mol. The number of nitrogens with zero attached hydrogens (tertiary/aromatic N) is 4. The van der Waals surface area contributed by atoms with Gasteiger partial charge in [0, 0.05) is 5.56 Å². The Balaban J connectivity index is 1.32. The van der Waals surface area contributed by atoms with Gasteiger partial charge in [-0.2, -0.15) is 4.98 Å². The molecule has 3 heterocycles. The van der Waals surface area contributed by atoms with Crippen LogP contribution in [-0.4, -0.2) is 20.3 Å². The number of anilines is 1. The van der Waals surface area contributed by atoms with Crippen LogP contribution in [0.2, 0.25) is 0 Å². The summed E-state index contributed by atoms with van der Waals surface area (Å²) in [5, 5.41) is 16.2. The molecule has 26 heavy (non-hydrogen) atoms. The second kappa shape index (κ2) is 7.71. The van der Waals surface area contributed by atoms with Gasteiger partial charge < -0.3 is 14.3 Å². The minimum Gasteiger partial charge on any atom is -0.467 e. The van der Waals surface area contributed by atoms with Crippen molar-refractivity contribution in [1.29, 1.82) is 0 Å². The molecule has 0 unspecified atom stereocenters. The Morgan fingerprint density at radius 3 is 2.85 bits per heavy atom. The summed E-state index contributed by atoms with van der Waals surface area (Å²) in [6.45, 7) is 2.62. The zero-order chi connectivity index (χ0) is 17.8. The minimum absolute atomic E-state index is 0.547. The largest absolute Gasteiger partial charge is 0.467 e. The summed E-state index contributed by atoms with van der Waals surface area (Å²) in [7, 11) is 0. The maximum Gasteiger partial charge on any atom is 0.237 e. The first kappa shape index (κ1) is 16.8. The molecular formula is C17H15N5O2S2. The molecule has 9 heteroatoms. The van der Waals surface area contributed by atoms with E-state index in [2.05, 4.69) is 25.7 Å². The van der Waals surface area contributed by atoms with Crippen molar-refractivity contribution in [2.75, 3.05) is 5.32 Å². The molecule has 0 aliphatic carbocycles. The fourth-order valence-corrected chi connectivity index (χ4v) is 3.76. The number of aryl methyl sites for hydroxylation is 1. The minimum atomic E-state index is 0.547. The molecule has 3 aromatic heterocycles. The molecule has 0 amide bonds. The first-order chi connectivity index (χ1) is 12.8. The molecule has 0 fully saturated rings. The maximum atomic E-state index is 5.32. The second-order valence-electron chi connectivity index (χ2n) is 5.47. The highest BCUT2D eigenvalue weighted by Crippen LogP contribution is 2.28. The molecule has 0 radical (unpaired) electrons. The Morgan fingerprint density at radius 2 is 2.04 bits per heavy atom. The van der Waals surface area contributed by atoms with Gasteiger partial charge in [-0.1, -0.05) is 58.1 Å². The van der Waals surface area contributed by atoms with Gasteiger partial charge >= 0.3 is 0 Å². The molecule has 1 aromatic carbocycles. The molecule has 7 nitrogen and oxygen atoms in total. The normalized spacial score (nSPS) is 11.0. The first-order valence-electron chi connectivity index (χ1n) is 7.88. The van der Waals surface area contributed by atoms with Crippen LogP contribution < -0.4 is 5.32 Å². The van der Waals surface area contributed by atoms with Gasteiger partial charge in [0.1, 0.15) is 5.76 Å². The maximum absolute atomic E-state index is 5.32. The summed E-state index contributed by atoms with van der Waals surface area (Å²) in [5.41, 5.74) is 2.14. The van der Waals surface area contributed by atoms with Crippen molar-refractivity contribution in [2.45, 2.75) is 23.6 Å². The van der Waals surface area contributed by atoms with Gasteiger partial charge in [0.25, 0.3) is 0 Å². The molecule has 0 saturated carbocycles. The van der Waals surface area contributed by atoms with E-state index in [-0.39, 0.29) is 0 Å². The average Bonchev–Trinajstić information content (AvgIpc) is 3.40. The van der Waals surface area contributed by atoms with Gasteiger partial charge in [-0.05, 0) is 19.1 Å². The highest BCUT2D eigenvalue weighted by Gasteiger charge is 2.11. The standard InChI is InChI=1S/C17H15N5O2S2/c1-11-4-6-12(7-5-11)15-19-14(24-22-15)10-25-17-21-20-16(26-17)18-9-13-3-2-8-23-13/h2-8H,9-10H2,1H3,(H,18,20). The van der Waals surface area contributed by atoms with Gasteiger partial charge in [-0.25, -0.2) is 0 Å². The lowest BCUT2D eigenvalue weighted by Crippen LogP contribution is -1.96. The third-order valence-corrected chi connectivity index (χ3v) is 5.50. The van der Waals surface area contributed by atoms with E-state index in [0.717, 1.165) is 20.8 Å². The zero-order valence-electron chi connectivity index (χ0n) is 13.9. The SMILES string of the molecule is Cc1ccc(-c2noc(CSc3nnc(NCc4ccco4)s3)n2)cc1. The van der Waals surface area contributed by atoms with E-state index in [9.17, 15) is 0 Å². The van der Waals surface area contributed by atoms with Crippen LogP contribution in [-0.2, 0) is 12.3 Å². The lowest BCUT2D eigenvalue weighted by atomic mass is 10.1. The Labute approximate surface area is 157 Å². The van der Waals surface area contributed by atoms with Crippen LogP contribution in [0.25, 0.3) is 11.4 Å². The van der Waals surface area contributed by atoms with Crippen LogP contribution in [0.4, 0.5) is 5.13 Å². The molecule has 0 bridgehead atoms. The predicted molar refractivity (Wildman–Crippen MR) is 100.0 cm³/mol. The number of furan rings is 1. The van der Waals surface area contributed by atoms with E-state index in [1.54, 1.807) is 6.26 Å². The predicted octanol–water partition coefficient (Wildman–Crippen LogP) is 4.39. The topological polar surface area (TPSA) is 89.9 Å². The number of hydrogen-bond donors (Lipinski definition) is 1. The van der Waals surface area contributed by atoms with Crippen molar-refractivity contribution in [3.05, 3.63) is 59.9 Å². The van der Waals surface area contributed by atoms with E-state index in [4.69, 9.17) is 8.94 Å². The van der Waals surface area contributed by atoms with E-state index < -0.39 is 0 Å². The molecule has 0 aliphatic rings. The second-order valence-corrected chi connectivity index (χ2v) is 7.67. The quantitative estimate of drug-likeness (QED) is 0.468. The van der Waals surface area contributed by atoms with Crippen molar-refractivity contribution < 1.29 is 8.94 Å². The third-order valence-electron chi connectivity index (χ3n) is 3.50. The van der Waals surface area contributed by atoms with Crippen LogP contribution in [0.15, 0.2) is 55.9 Å². The van der Waals surface area contributed by atoms with Gasteiger partial charge in [0.2, 0.25) is 16.8 Å². The van der Waals surface area contributed by atoms with Crippen molar-refractivity contribution in [2.24, 2.45) is 0 Å². The van der Waals surface area contributed by atoms with Crippen LogP contribution in [0.5, 0.6) is 0 Å². The molecular weight excluding hydrogens is 370 g/mol. The summed E-state index contributed by atoms with van der Waals surface area (Å²) in [5.74, 6) is 2.56. The molecule has 0 aliphatic heterocycles. The lowest BCUT2D eigenvalue weighted by molar-refractivity contribution is 0.391. The van der Waals surface area contributed by atoms with E-state index in [1.807, 2.05) is 43.3 Å². The summed E-state index contributed by atoms with van der Waals surface area (Å²) < 4.78 is 11.4. The van der Waals surface area contributed by atoms with Crippen molar-refractivity contribution in [3.8, 4) is 11.4 Å². The average molecular weight is 385 g/mol. The number of hydrogen-bond acceptors (Lipinski definition) is 9. The summed E-state index contributed by atoms with van der Waals surface area (Å²) in [4.78, 5) is 4.43. The smallest absolute Gasteiger partial charge is 0.237 e. The molecule has 0 spiro atoms. The highest BCUT2D eigenvalue weighted by atomic mass is 32.2. The summed E-state index contributed by atoms with van der Waals surface area (Å²) >= 11 is 2.99. The molecule has 0 saturated heterocycles. The van der Waals surface area contributed by atoms with Gasteiger partial charge in [0.15, 0.2) is 4.34 Å². The van der Waals surface area contributed by atoms with E-state index in [0.29, 0.717) is 24.0 Å². The number of rotatable bonds is 7. The molecule has 132 valence electrons. The van der Waals surface area contributed by atoms with Crippen LogP contribution in [0, 0.1) is 6.92 Å². The number of benzene rings is 1. The number of nitrogens with one attached hydrogen (secondary N) is 1.